The van der Waals surface area contributed by atoms with Crippen molar-refractivity contribution in [3.8, 4) is 0 Å². The van der Waals surface area contributed by atoms with E-state index in [9.17, 15) is 4.79 Å². The number of nitrogens with one attached hydrogen (secondary N) is 1. The number of hydrogen-bond donors (Lipinski definition) is 1. The van der Waals surface area contributed by atoms with Crippen molar-refractivity contribution in [2.24, 2.45) is 0 Å². The van der Waals surface area contributed by atoms with E-state index in [1.54, 1.807) is 30.9 Å². The normalized spacial score (nSPS) is 14.8. The molecule has 126 valence electrons. The molecule has 0 saturated carbocycles. The van der Waals surface area contributed by atoms with E-state index in [0.29, 0.717) is 24.5 Å². The molecule has 1 saturated heterocycles. The van der Waals surface area contributed by atoms with E-state index >= 15 is 0 Å². The van der Waals surface area contributed by atoms with Crippen LogP contribution in [0.15, 0.2) is 36.9 Å². The van der Waals surface area contributed by atoms with Gasteiger partial charge in [-0.25, -0.2) is 9.97 Å². The van der Waals surface area contributed by atoms with Gasteiger partial charge >= 0.3 is 0 Å². The molecule has 2 aromatic rings. The summed E-state index contributed by atoms with van der Waals surface area (Å²) >= 11 is 0. The molecule has 7 nitrogen and oxygen atoms in total. The molecule has 1 aliphatic heterocycles. The van der Waals surface area contributed by atoms with Crippen LogP contribution in [0.1, 0.15) is 24.2 Å². The van der Waals surface area contributed by atoms with Gasteiger partial charge in [-0.15, -0.1) is 0 Å². The van der Waals surface area contributed by atoms with Crippen molar-refractivity contribution in [1.82, 2.24) is 19.9 Å². The monoisotopic (exact) mass is 326 g/mol. The lowest BCUT2D eigenvalue weighted by atomic mass is 10.2. The molecule has 0 radical (unpaired) electrons. The Kier molecular flexibility index (Phi) is 4.88. The van der Waals surface area contributed by atoms with Crippen LogP contribution >= 0.6 is 0 Å². The molecule has 0 unspecified atom stereocenters. The third-order valence-electron chi connectivity index (χ3n) is 3.90. The van der Waals surface area contributed by atoms with E-state index < -0.39 is 0 Å². The average molecular weight is 326 g/mol. The Balaban J connectivity index is 1.68. The lowest BCUT2D eigenvalue weighted by molar-refractivity contribution is 0.0747. The molecule has 7 heteroatoms. The molecule has 3 heterocycles. The second kappa shape index (κ2) is 7.25. The molecule has 1 fully saturated rings. The molecule has 1 aliphatic rings. The van der Waals surface area contributed by atoms with E-state index in [1.165, 1.54) is 0 Å². The van der Waals surface area contributed by atoms with Crippen LogP contribution in [0.4, 0.5) is 11.6 Å². The lowest BCUT2D eigenvalue weighted by Crippen LogP contribution is -2.49. The quantitative estimate of drug-likeness (QED) is 0.921. The minimum Gasteiger partial charge on any atom is -0.367 e. The van der Waals surface area contributed by atoms with Crippen LogP contribution in [-0.4, -0.2) is 58.0 Å². The zero-order valence-corrected chi connectivity index (χ0v) is 14.0. The highest BCUT2D eigenvalue weighted by Gasteiger charge is 2.25. The fourth-order valence-corrected chi connectivity index (χ4v) is 2.73. The van der Waals surface area contributed by atoms with Crippen LogP contribution in [0.2, 0.25) is 0 Å². The topological polar surface area (TPSA) is 74.2 Å². The largest absolute Gasteiger partial charge is 0.367 e. The van der Waals surface area contributed by atoms with Crippen LogP contribution < -0.4 is 10.2 Å². The lowest BCUT2D eigenvalue weighted by Gasteiger charge is -2.35. The molecule has 2 aromatic heterocycles. The molecule has 1 N–H and O–H groups in total. The van der Waals surface area contributed by atoms with Crippen molar-refractivity contribution < 1.29 is 4.79 Å². The van der Waals surface area contributed by atoms with E-state index in [0.717, 1.165) is 18.9 Å². The van der Waals surface area contributed by atoms with Crippen molar-refractivity contribution >= 4 is 17.5 Å². The first-order valence-electron chi connectivity index (χ1n) is 8.17. The summed E-state index contributed by atoms with van der Waals surface area (Å²) in [5, 5.41) is 3.24. The maximum absolute atomic E-state index is 12.8. The predicted octanol–water partition coefficient (Wildman–Crippen LogP) is 1.65. The number of pyridine rings is 1. The fourth-order valence-electron chi connectivity index (χ4n) is 2.73. The number of aromatic nitrogens is 3. The summed E-state index contributed by atoms with van der Waals surface area (Å²) in [7, 11) is 0. The van der Waals surface area contributed by atoms with Gasteiger partial charge in [-0.1, -0.05) is 0 Å². The second-order valence-corrected chi connectivity index (χ2v) is 6.04. The van der Waals surface area contributed by atoms with Gasteiger partial charge in [-0.2, -0.15) is 0 Å². The first-order chi connectivity index (χ1) is 11.6. The third kappa shape index (κ3) is 3.61. The Morgan fingerprint density at radius 1 is 1.12 bits per heavy atom. The Hall–Kier alpha value is -2.70. The predicted molar refractivity (Wildman–Crippen MR) is 93.1 cm³/mol. The SMILES string of the molecule is CC(C)Nc1ncccc1C(=O)N1CCN(c2cnccn2)CC1. The van der Waals surface area contributed by atoms with Crippen molar-refractivity contribution in [3.63, 3.8) is 0 Å². The van der Waals surface area contributed by atoms with Gasteiger partial charge in [0.2, 0.25) is 0 Å². The van der Waals surface area contributed by atoms with Crippen LogP contribution in [0.3, 0.4) is 0 Å². The highest BCUT2D eigenvalue weighted by molar-refractivity contribution is 5.98. The summed E-state index contributed by atoms with van der Waals surface area (Å²) in [6.45, 7) is 6.87. The van der Waals surface area contributed by atoms with Gasteiger partial charge in [-0.3, -0.25) is 9.78 Å². The molecule has 0 spiro atoms. The number of rotatable bonds is 4. The highest BCUT2D eigenvalue weighted by atomic mass is 16.2. The minimum absolute atomic E-state index is 0.0186. The molecule has 1 amide bonds. The third-order valence-corrected chi connectivity index (χ3v) is 3.90. The molecule has 0 atom stereocenters. The number of hydrogen-bond acceptors (Lipinski definition) is 6. The molecular formula is C17H22N6O. The maximum Gasteiger partial charge on any atom is 0.257 e. The summed E-state index contributed by atoms with van der Waals surface area (Å²) in [6.07, 6.45) is 6.80. The standard InChI is InChI=1S/C17H22N6O/c1-13(2)21-16-14(4-3-5-20-16)17(24)23-10-8-22(9-11-23)15-12-18-6-7-19-15/h3-7,12-13H,8-11H2,1-2H3,(H,20,21). The van der Waals surface area contributed by atoms with Crippen molar-refractivity contribution in [3.05, 3.63) is 42.5 Å². The molecule has 3 rings (SSSR count). The van der Waals surface area contributed by atoms with E-state index in [1.807, 2.05) is 24.8 Å². The van der Waals surface area contributed by atoms with Crippen LogP contribution in [0.25, 0.3) is 0 Å². The van der Waals surface area contributed by atoms with Crippen LogP contribution in [0, 0.1) is 0 Å². The van der Waals surface area contributed by atoms with Gasteiger partial charge in [0.05, 0.1) is 11.8 Å². The first-order valence-corrected chi connectivity index (χ1v) is 8.17. The van der Waals surface area contributed by atoms with Gasteiger partial charge in [0.1, 0.15) is 11.6 Å². The Morgan fingerprint density at radius 3 is 2.58 bits per heavy atom. The van der Waals surface area contributed by atoms with Crippen molar-refractivity contribution in [2.45, 2.75) is 19.9 Å². The zero-order chi connectivity index (χ0) is 16.9. The van der Waals surface area contributed by atoms with Gasteiger partial charge in [0.25, 0.3) is 5.91 Å². The van der Waals surface area contributed by atoms with E-state index in [4.69, 9.17) is 0 Å². The van der Waals surface area contributed by atoms with Gasteiger partial charge < -0.3 is 15.1 Å². The summed E-state index contributed by atoms with van der Waals surface area (Å²) in [5.74, 6) is 1.52. The number of nitrogens with zero attached hydrogens (tertiary/aromatic N) is 5. The van der Waals surface area contributed by atoms with Gasteiger partial charge in [0, 0.05) is 50.8 Å². The molecular weight excluding hydrogens is 304 g/mol. The van der Waals surface area contributed by atoms with Gasteiger partial charge in [-0.05, 0) is 26.0 Å². The number of carbonyl (C=O) groups is 1. The number of anilines is 2. The Bertz CT molecular complexity index is 682. The Morgan fingerprint density at radius 2 is 1.92 bits per heavy atom. The second-order valence-electron chi connectivity index (χ2n) is 6.04. The van der Waals surface area contributed by atoms with Crippen LogP contribution in [0.5, 0.6) is 0 Å². The Labute approximate surface area is 141 Å². The number of amides is 1. The van der Waals surface area contributed by atoms with E-state index in [-0.39, 0.29) is 11.9 Å². The molecule has 0 bridgehead atoms. The fraction of sp³-hybridized carbons (Fsp3) is 0.412. The number of carbonyl (C=O) groups excluding carboxylic acids is 1. The highest BCUT2D eigenvalue weighted by Crippen LogP contribution is 2.18. The average Bonchev–Trinajstić information content (AvgIpc) is 2.62. The smallest absolute Gasteiger partial charge is 0.257 e. The van der Waals surface area contributed by atoms with E-state index in [2.05, 4.69) is 25.2 Å². The molecule has 24 heavy (non-hydrogen) atoms. The first kappa shape index (κ1) is 16.2. The van der Waals surface area contributed by atoms with Crippen LogP contribution in [-0.2, 0) is 0 Å². The van der Waals surface area contributed by atoms with Crippen molar-refractivity contribution in [1.29, 1.82) is 0 Å². The summed E-state index contributed by atoms with van der Waals surface area (Å²) in [6, 6.07) is 3.85. The summed E-state index contributed by atoms with van der Waals surface area (Å²) in [5.41, 5.74) is 0.624. The maximum atomic E-state index is 12.8. The molecule has 0 aromatic carbocycles. The van der Waals surface area contributed by atoms with Crippen molar-refractivity contribution in [2.75, 3.05) is 36.4 Å². The molecule has 0 aliphatic carbocycles. The van der Waals surface area contributed by atoms with Gasteiger partial charge in [0.15, 0.2) is 0 Å². The summed E-state index contributed by atoms with van der Waals surface area (Å²) in [4.78, 5) is 29.6. The zero-order valence-electron chi connectivity index (χ0n) is 14.0. The number of piperazine rings is 1. The minimum atomic E-state index is 0.0186. The summed E-state index contributed by atoms with van der Waals surface area (Å²) < 4.78 is 0.